The first-order chi connectivity index (χ1) is 10.1. The standard InChI is InChI=1S/C17H26N2O2/c1-12-10-19(3)13(2)8-15(12)18-7-6-14-4-5-16-17(9-14)21-11-20-16/h4-5,9,12-13,15,18H,6-8,10-11H2,1-3H3/t12-,13-,15-/m1/s1. The summed E-state index contributed by atoms with van der Waals surface area (Å²) in [4.78, 5) is 2.46. The van der Waals surface area contributed by atoms with Gasteiger partial charge in [-0.3, -0.25) is 0 Å². The summed E-state index contributed by atoms with van der Waals surface area (Å²) < 4.78 is 10.8. The normalized spacial score (nSPS) is 28.8. The van der Waals surface area contributed by atoms with Crippen LogP contribution >= 0.6 is 0 Å². The van der Waals surface area contributed by atoms with Crippen LogP contribution in [-0.2, 0) is 6.42 Å². The fraction of sp³-hybridized carbons (Fsp3) is 0.647. The van der Waals surface area contributed by atoms with Gasteiger partial charge in [0.25, 0.3) is 0 Å². The van der Waals surface area contributed by atoms with Crippen LogP contribution in [0.25, 0.3) is 0 Å². The molecule has 21 heavy (non-hydrogen) atoms. The van der Waals surface area contributed by atoms with E-state index in [1.165, 1.54) is 18.5 Å². The maximum Gasteiger partial charge on any atom is 0.231 e. The molecule has 1 aromatic carbocycles. The number of ether oxygens (including phenoxy) is 2. The van der Waals surface area contributed by atoms with E-state index in [4.69, 9.17) is 9.47 Å². The molecule has 0 saturated carbocycles. The number of rotatable bonds is 4. The van der Waals surface area contributed by atoms with Gasteiger partial charge in [0.05, 0.1) is 0 Å². The molecule has 116 valence electrons. The number of nitrogens with one attached hydrogen (secondary N) is 1. The minimum atomic E-state index is 0.349. The topological polar surface area (TPSA) is 33.7 Å². The molecule has 0 unspecified atom stereocenters. The Hall–Kier alpha value is -1.26. The summed E-state index contributed by atoms with van der Waals surface area (Å²) >= 11 is 0. The molecule has 3 atom stereocenters. The van der Waals surface area contributed by atoms with Gasteiger partial charge in [-0.2, -0.15) is 0 Å². The number of nitrogens with zero attached hydrogens (tertiary/aromatic N) is 1. The molecule has 0 radical (unpaired) electrons. The van der Waals surface area contributed by atoms with E-state index < -0.39 is 0 Å². The lowest BCUT2D eigenvalue weighted by Gasteiger charge is -2.40. The van der Waals surface area contributed by atoms with Gasteiger partial charge in [0, 0.05) is 18.6 Å². The molecule has 0 aliphatic carbocycles. The molecule has 1 saturated heterocycles. The summed E-state index contributed by atoms with van der Waals surface area (Å²) in [5.74, 6) is 2.46. The lowest BCUT2D eigenvalue weighted by Crippen LogP contribution is -2.51. The molecule has 2 heterocycles. The Labute approximate surface area is 127 Å². The number of fused-ring (bicyclic) bond motifs is 1. The highest BCUT2D eigenvalue weighted by Crippen LogP contribution is 2.32. The Morgan fingerprint density at radius 1 is 1.24 bits per heavy atom. The van der Waals surface area contributed by atoms with Crippen molar-refractivity contribution in [2.24, 2.45) is 5.92 Å². The molecule has 0 spiro atoms. The molecule has 2 aliphatic rings. The van der Waals surface area contributed by atoms with Crippen LogP contribution < -0.4 is 14.8 Å². The van der Waals surface area contributed by atoms with E-state index in [9.17, 15) is 0 Å². The maximum atomic E-state index is 5.43. The van der Waals surface area contributed by atoms with Gasteiger partial charge in [-0.05, 0) is 57.0 Å². The summed E-state index contributed by atoms with van der Waals surface area (Å²) in [6.07, 6.45) is 2.27. The smallest absolute Gasteiger partial charge is 0.231 e. The Morgan fingerprint density at radius 3 is 2.90 bits per heavy atom. The lowest BCUT2D eigenvalue weighted by atomic mass is 9.90. The Morgan fingerprint density at radius 2 is 2.05 bits per heavy atom. The molecule has 0 bridgehead atoms. The first-order valence-corrected chi connectivity index (χ1v) is 7.95. The third-order valence-electron chi connectivity index (χ3n) is 4.87. The van der Waals surface area contributed by atoms with Gasteiger partial charge in [-0.15, -0.1) is 0 Å². The zero-order valence-electron chi connectivity index (χ0n) is 13.3. The van der Waals surface area contributed by atoms with E-state index in [0.29, 0.717) is 24.8 Å². The van der Waals surface area contributed by atoms with E-state index in [2.05, 4.69) is 43.2 Å². The van der Waals surface area contributed by atoms with Crippen LogP contribution in [0.1, 0.15) is 25.8 Å². The van der Waals surface area contributed by atoms with Gasteiger partial charge in [-0.1, -0.05) is 13.0 Å². The van der Waals surface area contributed by atoms with Gasteiger partial charge in [0.1, 0.15) is 0 Å². The molecule has 0 amide bonds. The van der Waals surface area contributed by atoms with Crippen molar-refractivity contribution in [1.29, 1.82) is 0 Å². The zero-order valence-corrected chi connectivity index (χ0v) is 13.3. The second kappa shape index (κ2) is 6.24. The largest absolute Gasteiger partial charge is 0.454 e. The predicted octanol–water partition coefficient (Wildman–Crippen LogP) is 2.28. The number of likely N-dealkylation sites (tertiary alicyclic amines) is 1. The highest BCUT2D eigenvalue weighted by molar-refractivity contribution is 5.44. The van der Waals surface area contributed by atoms with Gasteiger partial charge < -0.3 is 19.7 Å². The van der Waals surface area contributed by atoms with Gasteiger partial charge in [0.2, 0.25) is 6.79 Å². The summed E-state index contributed by atoms with van der Waals surface area (Å²) in [5, 5.41) is 3.74. The van der Waals surface area contributed by atoms with Crippen molar-refractivity contribution in [3.63, 3.8) is 0 Å². The van der Waals surface area contributed by atoms with E-state index in [-0.39, 0.29) is 0 Å². The minimum absolute atomic E-state index is 0.349. The molecule has 1 fully saturated rings. The minimum Gasteiger partial charge on any atom is -0.454 e. The predicted molar refractivity (Wildman–Crippen MR) is 83.9 cm³/mol. The van der Waals surface area contributed by atoms with Crippen LogP contribution in [0.3, 0.4) is 0 Å². The molecule has 1 aromatic rings. The molecule has 3 rings (SSSR count). The quantitative estimate of drug-likeness (QED) is 0.922. The van der Waals surface area contributed by atoms with Crippen LogP contribution in [0.15, 0.2) is 18.2 Å². The molecular weight excluding hydrogens is 264 g/mol. The summed E-state index contributed by atoms with van der Waals surface area (Å²) in [6, 6.07) is 7.55. The summed E-state index contributed by atoms with van der Waals surface area (Å²) in [6.45, 7) is 7.22. The SMILES string of the molecule is C[C@@H]1CN(C)[C@H](C)C[C@H]1NCCc1ccc2c(c1)OCO2. The average molecular weight is 290 g/mol. The number of benzene rings is 1. The van der Waals surface area contributed by atoms with Crippen LogP contribution in [-0.4, -0.2) is 43.9 Å². The first-order valence-electron chi connectivity index (χ1n) is 7.95. The van der Waals surface area contributed by atoms with Crippen LogP contribution in [0.2, 0.25) is 0 Å². The molecule has 1 N–H and O–H groups in total. The Balaban J connectivity index is 1.49. The number of hydrogen-bond acceptors (Lipinski definition) is 4. The first kappa shape index (κ1) is 14.7. The second-order valence-electron chi connectivity index (χ2n) is 6.50. The Bertz CT molecular complexity index is 492. The van der Waals surface area contributed by atoms with Crippen molar-refractivity contribution < 1.29 is 9.47 Å². The second-order valence-corrected chi connectivity index (χ2v) is 6.50. The molecule has 4 heteroatoms. The Kier molecular flexibility index (Phi) is 4.36. The summed E-state index contributed by atoms with van der Waals surface area (Å²) in [7, 11) is 2.23. The molecule has 4 nitrogen and oxygen atoms in total. The van der Waals surface area contributed by atoms with E-state index in [0.717, 1.165) is 24.5 Å². The van der Waals surface area contributed by atoms with Crippen molar-refractivity contribution >= 4 is 0 Å². The van der Waals surface area contributed by atoms with E-state index in [1.807, 2.05) is 6.07 Å². The monoisotopic (exact) mass is 290 g/mol. The van der Waals surface area contributed by atoms with Gasteiger partial charge >= 0.3 is 0 Å². The number of piperidine rings is 1. The van der Waals surface area contributed by atoms with Gasteiger partial charge in [-0.25, -0.2) is 0 Å². The molecule has 0 aromatic heterocycles. The third kappa shape index (κ3) is 3.33. The van der Waals surface area contributed by atoms with Crippen molar-refractivity contribution in [1.82, 2.24) is 10.2 Å². The highest BCUT2D eigenvalue weighted by Gasteiger charge is 2.28. The molecular formula is C17H26N2O2. The van der Waals surface area contributed by atoms with Crippen molar-refractivity contribution in [2.75, 3.05) is 26.9 Å². The maximum absolute atomic E-state index is 5.43. The fourth-order valence-corrected chi connectivity index (χ4v) is 3.32. The van der Waals surface area contributed by atoms with E-state index >= 15 is 0 Å². The van der Waals surface area contributed by atoms with Crippen molar-refractivity contribution in [3.05, 3.63) is 23.8 Å². The van der Waals surface area contributed by atoms with Crippen LogP contribution in [0.4, 0.5) is 0 Å². The summed E-state index contributed by atoms with van der Waals surface area (Å²) in [5.41, 5.74) is 1.31. The number of hydrogen-bond donors (Lipinski definition) is 1. The van der Waals surface area contributed by atoms with Crippen molar-refractivity contribution in [2.45, 2.75) is 38.8 Å². The van der Waals surface area contributed by atoms with Crippen LogP contribution in [0, 0.1) is 5.92 Å². The van der Waals surface area contributed by atoms with Crippen molar-refractivity contribution in [3.8, 4) is 11.5 Å². The third-order valence-corrected chi connectivity index (χ3v) is 4.87. The molecule has 2 aliphatic heterocycles. The zero-order chi connectivity index (χ0) is 14.8. The average Bonchev–Trinajstić information content (AvgIpc) is 2.92. The van der Waals surface area contributed by atoms with E-state index in [1.54, 1.807) is 0 Å². The fourth-order valence-electron chi connectivity index (χ4n) is 3.32. The lowest BCUT2D eigenvalue weighted by molar-refractivity contribution is 0.122. The van der Waals surface area contributed by atoms with Crippen LogP contribution in [0.5, 0.6) is 11.5 Å². The van der Waals surface area contributed by atoms with Gasteiger partial charge in [0.15, 0.2) is 11.5 Å². The highest BCUT2D eigenvalue weighted by atomic mass is 16.7.